The molecule has 0 aliphatic carbocycles. The van der Waals surface area contributed by atoms with Crippen molar-refractivity contribution in [3.63, 3.8) is 0 Å². The van der Waals surface area contributed by atoms with E-state index in [1.807, 2.05) is 0 Å². The standard InChI is InChI=1S/C4H11NO3PS/c1-4(6)5(2)9(7,8)10-3/h7-8H,1-3H3/q+1. The average molecular weight is 184 g/mol. The summed E-state index contributed by atoms with van der Waals surface area (Å²) in [6.07, 6.45) is 1.55. The molecule has 0 bridgehead atoms. The number of hydrogen-bond acceptors (Lipinski definition) is 1. The van der Waals surface area contributed by atoms with E-state index in [1.54, 1.807) is 6.26 Å². The van der Waals surface area contributed by atoms with Gasteiger partial charge in [0.15, 0.2) is 6.26 Å². The van der Waals surface area contributed by atoms with Gasteiger partial charge in [-0.25, -0.2) is 4.67 Å². The van der Waals surface area contributed by atoms with Gasteiger partial charge in [-0.05, 0) is 0 Å². The van der Waals surface area contributed by atoms with Crippen molar-refractivity contribution < 1.29 is 14.6 Å². The summed E-state index contributed by atoms with van der Waals surface area (Å²) in [7, 11) is 2.26. The van der Waals surface area contributed by atoms with Crippen LogP contribution in [-0.2, 0) is 15.7 Å². The van der Waals surface area contributed by atoms with Gasteiger partial charge in [0.1, 0.15) is 0 Å². The lowest BCUT2D eigenvalue weighted by molar-refractivity contribution is -0.123. The maximum absolute atomic E-state index is 10.6. The Bertz CT molecular complexity index is 187. The van der Waals surface area contributed by atoms with Gasteiger partial charge in [-0.1, -0.05) is 0 Å². The van der Waals surface area contributed by atoms with Gasteiger partial charge in [0, 0.05) is 14.0 Å². The highest BCUT2D eigenvalue weighted by Gasteiger charge is 2.29. The van der Waals surface area contributed by atoms with Crippen molar-refractivity contribution in [2.24, 2.45) is 0 Å². The fraction of sp³-hybridized carbons (Fsp3) is 0.750. The van der Waals surface area contributed by atoms with Crippen LogP contribution in [0.5, 0.6) is 0 Å². The maximum Gasteiger partial charge on any atom is 0.478 e. The predicted molar refractivity (Wildman–Crippen MR) is 43.1 cm³/mol. The molecule has 0 rings (SSSR count). The van der Waals surface area contributed by atoms with Gasteiger partial charge in [-0.2, -0.15) is 0 Å². The van der Waals surface area contributed by atoms with Crippen LogP contribution < -0.4 is 0 Å². The molecule has 2 N–H and O–H groups in total. The zero-order valence-electron chi connectivity index (χ0n) is 6.11. The van der Waals surface area contributed by atoms with Crippen LogP contribution >= 0.6 is 6.64 Å². The smallest absolute Gasteiger partial charge is 0.295 e. The highest BCUT2D eigenvalue weighted by molar-refractivity contribution is 8.17. The van der Waals surface area contributed by atoms with Crippen LogP contribution in [0.25, 0.3) is 0 Å². The van der Waals surface area contributed by atoms with Crippen LogP contribution in [-0.4, -0.2) is 33.7 Å². The van der Waals surface area contributed by atoms with Crippen molar-refractivity contribution in [2.75, 3.05) is 13.3 Å². The molecule has 0 atom stereocenters. The van der Waals surface area contributed by atoms with Gasteiger partial charge in [0.05, 0.1) is 0 Å². The molecule has 0 aromatic rings. The van der Waals surface area contributed by atoms with Gasteiger partial charge >= 0.3 is 6.64 Å². The van der Waals surface area contributed by atoms with Crippen LogP contribution in [0.2, 0.25) is 0 Å². The molecule has 0 radical (unpaired) electrons. The van der Waals surface area contributed by atoms with Crippen molar-refractivity contribution in [3.8, 4) is 0 Å². The van der Waals surface area contributed by atoms with Crippen molar-refractivity contribution >= 4 is 23.5 Å². The molecule has 0 aromatic carbocycles. The molecule has 0 spiro atoms. The second kappa shape index (κ2) is 3.44. The molecule has 0 fully saturated rings. The Morgan fingerprint density at radius 2 is 2.00 bits per heavy atom. The Labute approximate surface area is 63.7 Å². The van der Waals surface area contributed by atoms with Crippen LogP contribution in [0.3, 0.4) is 0 Å². The largest absolute Gasteiger partial charge is 0.478 e. The fourth-order valence-corrected chi connectivity index (χ4v) is 2.00. The van der Waals surface area contributed by atoms with E-state index in [-0.39, 0.29) is 5.91 Å². The van der Waals surface area contributed by atoms with Crippen molar-refractivity contribution in [1.82, 2.24) is 4.67 Å². The van der Waals surface area contributed by atoms with E-state index in [4.69, 9.17) is 9.79 Å². The number of amides is 1. The van der Waals surface area contributed by atoms with Crippen LogP contribution in [0.1, 0.15) is 6.92 Å². The first kappa shape index (κ1) is 10.0. The normalized spacial score (nSPS) is 10.9. The quantitative estimate of drug-likeness (QED) is 0.439. The molecule has 1 amide bonds. The van der Waals surface area contributed by atoms with Crippen molar-refractivity contribution in [3.05, 3.63) is 0 Å². The zero-order chi connectivity index (χ0) is 8.36. The van der Waals surface area contributed by atoms with Crippen LogP contribution in [0.15, 0.2) is 0 Å². The second-order valence-electron chi connectivity index (χ2n) is 1.74. The highest BCUT2D eigenvalue weighted by Crippen LogP contribution is 2.40. The third-order valence-electron chi connectivity index (χ3n) is 1.09. The molecule has 0 aliphatic heterocycles. The molecule has 0 saturated carbocycles. The number of nitrogens with zero attached hydrogens (tertiary/aromatic N) is 1. The van der Waals surface area contributed by atoms with E-state index in [2.05, 4.69) is 0 Å². The van der Waals surface area contributed by atoms with Crippen LogP contribution in [0.4, 0.5) is 0 Å². The van der Waals surface area contributed by atoms with Gasteiger partial charge in [0.25, 0.3) is 0 Å². The molecule has 60 valence electrons. The summed E-state index contributed by atoms with van der Waals surface area (Å²) in [6.45, 7) is -1.88. The lowest BCUT2D eigenvalue weighted by atomic mass is 10.7. The molecule has 10 heavy (non-hydrogen) atoms. The molecule has 0 unspecified atom stereocenters. The average Bonchev–Trinajstić information content (AvgIpc) is 1.86. The third kappa shape index (κ3) is 2.34. The van der Waals surface area contributed by atoms with E-state index in [1.165, 1.54) is 14.0 Å². The third-order valence-corrected chi connectivity index (χ3v) is 4.85. The first-order valence-electron chi connectivity index (χ1n) is 2.57. The van der Waals surface area contributed by atoms with E-state index >= 15 is 0 Å². The first-order valence-corrected chi connectivity index (χ1v) is 6.04. The molecular formula is C4H11NO3PS+. The number of carbonyl (C=O) groups excluding carboxylic acids is 1. The lowest BCUT2D eigenvalue weighted by Crippen LogP contribution is -2.20. The lowest BCUT2D eigenvalue weighted by Gasteiger charge is -2.12. The SMILES string of the molecule is C[S+]=P(O)(O)N(C)C(C)=O. The molecule has 0 saturated heterocycles. The van der Waals surface area contributed by atoms with Gasteiger partial charge in [-0.15, -0.1) is 0 Å². The summed E-state index contributed by atoms with van der Waals surface area (Å²) in [5.74, 6) is -0.340. The Hall–Kier alpha value is 0.0400. The second-order valence-corrected chi connectivity index (χ2v) is 6.30. The van der Waals surface area contributed by atoms with Gasteiger partial charge < -0.3 is 0 Å². The summed E-state index contributed by atoms with van der Waals surface area (Å²) in [5, 5.41) is 0. The molecule has 0 heterocycles. The Kier molecular flexibility index (Phi) is 3.45. The minimum Gasteiger partial charge on any atom is -0.295 e. The first-order chi connectivity index (χ1) is 4.41. The minimum absolute atomic E-state index is 0.340. The van der Waals surface area contributed by atoms with Gasteiger partial charge in [-0.3, -0.25) is 14.6 Å². The van der Waals surface area contributed by atoms with Crippen molar-refractivity contribution in [2.45, 2.75) is 6.92 Å². The maximum atomic E-state index is 10.6. The number of hydrogen-bond donors (Lipinski definition) is 2. The molecule has 0 aliphatic rings. The van der Waals surface area contributed by atoms with Crippen LogP contribution in [0, 0.1) is 0 Å². The molecular weight excluding hydrogens is 173 g/mol. The zero-order valence-corrected chi connectivity index (χ0v) is 7.82. The number of carbonyl (C=O) groups is 1. The van der Waals surface area contributed by atoms with E-state index in [0.29, 0.717) is 0 Å². The molecule has 6 heteroatoms. The topological polar surface area (TPSA) is 60.8 Å². The Morgan fingerprint density at radius 3 is 2.10 bits per heavy atom. The summed E-state index contributed by atoms with van der Waals surface area (Å²) < 4.78 is 0.956. The molecule has 0 aromatic heterocycles. The Balaban J connectivity index is 4.50. The minimum atomic E-state index is -3.17. The number of rotatable bonds is 1. The highest BCUT2D eigenvalue weighted by atomic mass is 32.5. The fourth-order valence-electron chi connectivity index (χ4n) is 0.306. The van der Waals surface area contributed by atoms with Gasteiger partial charge in [0.2, 0.25) is 16.8 Å². The monoisotopic (exact) mass is 184 g/mol. The van der Waals surface area contributed by atoms with E-state index < -0.39 is 6.64 Å². The van der Waals surface area contributed by atoms with E-state index in [9.17, 15) is 4.79 Å². The van der Waals surface area contributed by atoms with Crippen molar-refractivity contribution in [1.29, 1.82) is 0 Å². The summed E-state index contributed by atoms with van der Waals surface area (Å²) >= 11 is 0. The predicted octanol–water partition coefficient (Wildman–Crippen LogP) is -0.161. The Morgan fingerprint density at radius 1 is 1.60 bits per heavy atom. The molecule has 4 nitrogen and oxygen atoms in total. The van der Waals surface area contributed by atoms with E-state index in [0.717, 1.165) is 15.6 Å². The summed E-state index contributed by atoms with van der Waals surface area (Å²) in [5.41, 5.74) is 0. The summed E-state index contributed by atoms with van der Waals surface area (Å²) in [6, 6.07) is 0. The summed E-state index contributed by atoms with van der Waals surface area (Å²) in [4.78, 5) is 28.8.